The fourth-order valence-corrected chi connectivity index (χ4v) is 2.01. The van der Waals surface area contributed by atoms with E-state index < -0.39 is 16.9 Å². The topological polar surface area (TPSA) is 107 Å². The monoisotopic (exact) mass is 345 g/mol. The van der Waals surface area contributed by atoms with Crippen molar-refractivity contribution in [1.82, 2.24) is 5.32 Å². The molecule has 1 aromatic carbocycles. The minimum atomic E-state index is -0.638. The van der Waals surface area contributed by atoms with Crippen molar-refractivity contribution in [1.29, 1.82) is 0 Å². The maximum absolute atomic E-state index is 11.2. The summed E-state index contributed by atoms with van der Waals surface area (Å²) in [6.45, 7) is 2.60. The van der Waals surface area contributed by atoms with Crippen LogP contribution in [0.3, 0.4) is 0 Å². The molecule has 7 nitrogen and oxygen atoms in total. The lowest BCUT2D eigenvalue weighted by molar-refractivity contribution is -0.385. The highest BCUT2D eigenvalue weighted by Gasteiger charge is 2.19. The van der Waals surface area contributed by atoms with Gasteiger partial charge in [0.1, 0.15) is 22.9 Å². The SMILES string of the molecule is CCCNC(COc1cccc([N+](=O)[O-])c1Br)C(N)=O. The Bertz CT molecular complexity index is 496. The quantitative estimate of drug-likeness (QED) is 0.549. The lowest BCUT2D eigenvalue weighted by atomic mass is 10.2. The molecule has 1 amide bonds. The lowest BCUT2D eigenvalue weighted by Gasteiger charge is -2.16. The van der Waals surface area contributed by atoms with Crippen LogP contribution in [0, 0.1) is 10.1 Å². The van der Waals surface area contributed by atoms with Gasteiger partial charge in [-0.3, -0.25) is 14.9 Å². The highest BCUT2D eigenvalue weighted by atomic mass is 79.9. The Morgan fingerprint density at radius 1 is 1.60 bits per heavy atom. The van der Waals surface area contributed by atoms with Crippen molar-refractivity contribution in [2.75, 3.05) is 13.2 Å². The number of carbonyl (C=O) groups is 1. The molecule has 0 saturated carbocycles. The van der Waals surface area contributed by atoms with E-state index in [-0.39, 0.29) is 16.8 Å². The average molecular weight is 346 g/mol. The van der Waals surface area contributed by atoms with Gasteiger partial charge in [0.2, 0.25) is 5.91 Å². The van der Waals surface area contributed by atoms with Crippen molar-refractivity contribution >= 4 is 27.5 Å². The van der Waals surface area contributed by atoms with E-state index in [0.29, 0.717) is 12.3 Å². The zero-order chi connectivity index (χ0) is 15.1. The van der Waals surface area contributed by atoms with E-state index in [2.05, 4.69) is 21.2 Å². The second-order valence-corrected chi connectivity index (χ2v) is 4.86. The smallest absolute Gasteiger partial charge is 0.287 e. The molecule has 20 heavy (non-hydrogen) atoms. The second-order valence-electron chi connectivity index (χ2n) is 4.07. The number of hydrogen-bond acceptors (Lipinski definition) is 5. The Morgan fingerprint density at radius 3 is 2.85 bits per heavy atom. The number of benzene rings is 1. The molecular formula is C12H16BrN3O4. The van der Waals surface area contributed by atoms with Crippen molar-refractivity contribution in [2.24, 2.45) is 5.73 Å². The van der Waals surface area contributed by atoms with Gasteiger partial charge >= 0.3 is 0 Å². The fourth-order valence-electron chi connectivity index (χ4n) is 1.49. The van der Waals surface area contributed by atoms with Crippen LogP contribution in [0.5, 0.6) is 5.75 Å². The number of nitrogens with zero attached hydrogens (tertiary/aromatic N) is 1. The fraction of sp³-hybridized carbons (Fsp3) is 0.417. The summed E-state index contributed by atoms with van der Waals surface area (Å²) in [5.74, 6) is -0.233. The highest BCUT2D eigenvalue weighted by Crippen LogP contribution is 2.33. The first kappa shape index (κ1) is 16.4. The molecule has 0 aliphatic heterocycles. The van der Waals surface area contributed by atoms with E-state index in [0.717, 1.165) is 6.42 Å². The normalized spacial score (nSPS) is 11.9. The van der Waals surface area contributed by atoms with Crippen molar-refractivity contribution in [3.8, 4) is 5.75 Å². The molecule has 1 rings (SSSR count). The minimum absolute atomic E-state index is 0.00903. The maximum atomic E-state index is 11.2. The number of nitro groups is 1. The van der Waals surface area contributed by atoms with Gasteiger partial charge in [0.25, 0.3) is 5.69 Å². The van der Waals surface area contributed by atoms with Crippen LogP contribution in [0.15, 0.2) is 22.7 Å². The van der Waals surface area contributed by atoms with E-state index in [4.69, 9.17) is 10.5 Å². The van der Waals surface area contributed by atoms with Gasteiger partial charge in [-0.05, 0) is 35.0 Å². The van der Waals surface area contributed by atoms with E-state index in [1.807, 2.05) is 6.92 Å². The van der Waals surface area contributed by atoms with Crippen LogP contribution in [0.25, 0.3) is 0 Å². The molecular weight excluding hydrogens is 330 g/mol. The van der Waals surface area contributed by atoms with Crippen molar-refractivity contribution < 1.29 is 14.5 Å². The number of nitro benzene ring substituents is 1. The molecule has 8 heteroatoms. The summed E-state index contributed by atoms with van der Waals surface area (Å²) in [6.07, 6.45) is 0.851. The Hall–Kier alpha value is -1.67. The number of ether oxygens (including phenoxy) is 1. The van der Waals surface area contributed by atoms with Gasteiger partial charge < -0.3 is 15.8 Å². The van der Waals surface area contributed by atoms with Crippen molar-refractivity contribution in [3.63, 3.8) is 0 Å². The first-order valence-corrected chi connectivity index (χ1v) is 6.85. The summed E-state index contributed by atoms with van der Waals surface area (Å²) >= 11 is 3.12. The average Bonchev–Trinajstić information content (AvgIpc) is 2.39. The zero-order valence-electron chi connectivity index (χ0n) is 11.0. The predicted octanol–water partition coefficient (Wildman–Crippen LogP) is 1.59. The van der Waals surface area contributed by atoms with Gasteiger partial charge in [-0.1, -0.05) is 13.0 Å². The third-order valence-corrected chi connectivity index (χ3v) is 3.33. The number of amides is 1. The molecule has 0 aliphatic rings. The molecule has 1 atom stereocenters. The number of primary amides is 1. The Balaban J connectivity index is 2.75. The molecule has 0 saturated heterocycles. The van der Waals surface area contributed by atoms with Gasteiger partial charge in [-0.2, -0.15) is 0 Å². The number of halogens is 1. The molecule has 0 heterocycles. The molecule has 0 radical (unpaired) electrons. The number of nitrogens with two attached hydrogens (primary N) is 1. The van der Waals surface area contributed by atoms with Crippen LogP contribution < -0.4 is 15.8 Å². The number of rotatable bonds is 8. The van der Waals surface area contributed by atoms with E-state index in [9.17, 15) is 14.9 Å². The van der Waals surface area contributed by atoms with Gasteiger partial charge in [-0.25, -0.2) is 0 Å². The van der Waals surface area contributed by atoms with Crippen LogP contribution >= 0.6 is 15.9 Å². The van der Waals surface area contributed by atoms with Crippen LogP contribution in [0.2, 0.25) is 0 Å². The van der Waals surface area contributed by atoms with E-state index in [1.165, 1.54) is 12.1 Å². The number of nitrogens with one attached hydrogen (secondary N) is 1. The molecule has 1 unspecified atom stereocenters. The van der Waals surface area contributed by atoms with Crippen LogP contribution in [0.1, 0.15) is 13.3 Å². The molecule has 0 aliphatic carbocycles. The van der Waals surface area contributed by atoms with Crippen molar-refractivity contribution in [2.45, 2.75) is 19.4 Å². The molecule has 0 fully saturated rings. The third kappa shape index (κ3) is 4.46. The molecule has 3 N–H and O–H groups in total. The van der Waals surface area contributed by atoms with Crippen LogP contribution in [-0.4, -0.2) is 30.0 Å². The lowest BCUT2D eigenvalue weighted by Crippen LogP contribution is -2.45. The summed E-state index contributed by atoms with van der Waals surface area (Å²) in [4.78, 5) is 21.5. The molecule has 0 spiro atoms. The Labute approximate surface area is 124 Å². The third-order valence-electron chi connectivity index (χ3n) is 2.53. The maximum Gasteiger partial charge on any atom is 0.287 e. The second kappa shape index (κ2) is 7.81. The van der Waals surface area contributed by atoms with Gasteiger partial charge in [0.05, 0.1) is 4.92 Å². The van der Waals surface area contributed by atoms with Gasteiger partial charge in [0.15, 0.2) is 0 Å². The minimum Gasteiger partial charge on any atom is -0.490 e. The first-order valence-electron chi connectivity index (χ1n) is 6.05. The number of carbonyl (C=O) groups excluding carboxylic acids is 1. The highest BCUT2D eigenvalue weighted by molar-refractivity contribution is 9.10. The van der Waals surface area contributed by atoms with E-state index >= 15 is 0 Å². The molecule has 0 bridgehead atoms. The standard InChI is InChI=1S/C12H16BrN3O4/c1-2-6-15-8(12(14)17)7-20-10-5-3-4-9(11(10)13)16(18)19/h3-5,8,15H,2,6-7H2,1H3,(H2,14,17). The van der Waals surface area contributed by atoms with Gasteiger partial charge in [-0.15, -0.1) is 0 Å². The Morgan fingerprint density at radius 2 is 2.30 bits per heavy atom. The summed E-state index contributed by atoms with van der Waals surface area (Å²) in [6, 6.07) is 3.81. The van der Waals surface area contributed by atoms with E-state index in [1.54, 1.807) is 6.07 Å². The van der Waals surface area contributed by atoms with Crippen molar-refractivity contribution in [3.05, 3.63) is 32.8 Å². The van der Waals surface area contributed by atoms with Crippen LogP contribution in [-0.2, 0) is 4.79 Å². The molecule has 1 aromatic rings. The Kier molecular flexibility index (Phi) is 6.40. The number of hydrogen-bond donors (Lipinski definition) is 2. The summed E-state index contributed by atoms with van der Waals surface area (Å²) in [7, 11) is 0. The first-order chi connectivity index (χ1) is 9.47. The molecule has 110 valence electrons. The summed E-state index contributed by atoms with van der Waals surface area (Å²) in [5, 5.41) is 13.7. The summed E-state index contributed by atoms with van der Waals surface area (Å²) < 4.78 is 5.67. The van der Waals surface area contributed by atoms with Crippen LogP contribution in [0.4, 0.5) is 5.69 Å². The molecule has 0 aromatic heterocycles. The summed E-state index contributed by atoms with van der Waals surface area (Å²) in [5.41, 5.74) is 5.16. The predicted molar refractivity (Wildman–Crippen MR) is 77.6 cm³/mol. The van der Waals surface area contributed by atoms with Gasteiger partial charge in [0, 0.05) is 6.07 Å². The largest absolute Gasteiger partial charge is 0.490 e. The zero-order valence-corrected chi connectivity index (χ0v) is 12.6.